The van der Waals surface area contributed by atoms with E-state index in [1.165, 1.54) is 0 Å². The maximum absolute atomic E-state index is 5.74. The van der Waals surface area contributed by atoms with E-state index in [9.17, 15) is 0 Å². The minimum absolute atomic E-state index is 0.339. The lowest BCUT2D eigenvalue weighted by atomic mass is 9.84. The molecule has 14 heavy (non-hydrogen) atoms. The Kier molecular flexibility index (Phi) is 2.88. The van der Waals surface area contributed by atoms with Crippen molar-refractivity contribution in [1.29, 1.82) is 0 Å². The molecular formula is C11H21N3. The molecule has 0 spiro atoms. The zero-order valence-corrected chi connectivity index (χ0v) is 9.83. The molecule has 1 heterocycles. The van der Waals surface area contributed by atoms with Crippen LogP contribution in [0, 0.1) is 5.41 Å². The van der Waals surface area contributed by atoms with Gasteiger partial charge in [0.25, 0.3) is 0 Å². The van der Waals surface area contributed by atoms with Gasteiger partial charge in [-0.3, -0.25) is 4.68 Å². The normalized spacial score (nSPS) is 14.4. The van der Waals surface area contributed by atoms with Crippen molar-refractivity contribution in [3.63, 3.8) is 0 Å². The molecule has 1 rings (SSSR count). The summed E-state index contributed by atoms with van der Waals surface area (Å²) in [6, 6.07) is 1.97. The average molecular weight is 195 g/mol. The summed E-state index contributed by atoms with van der Waals surface area (Å²) in [6.07, 6.45) is 1.13. The molecule has 2 N–H and O–H groups in total. The Morgan fingerprint density at radius 3 is 2.43 bits per heavy atom. The van der Waals surface area contributed by atoms with Gasteiger partial charge in [-0.15, -0.1) is 0 Å². The van der Waals surface area contributed by atoms with Crippen molar-refractivity contribution in [1.82, 2.24) is 9.78 Å². The predicted octanol–water partition coefficient (Wildman–Crippen LogP) is 2.54. The highest BCUT2D eigenvalue weighted by molar-refractivity contribution is 5.31. The fraction of sp³-hybridized carbons (Fsp3) is 0.727. The van der Waals surface area contributed by atoms with Crippen LogP contribution in [0.2, 0.25) is 0 Å². The van der Waals surface area contributed by atoms with Crippen molar-refractivity contribution in [2.75, 3.05) is 5.73 Å². The fourth-order valence-electron chi connectivity index (χ4n) is 1.77. The lowest BCUT2D eigenvalue weighted by Crippen LogP contribution is -2.10. The minimum atomic E-state index is 0.339. The monoisotopic (exact) mass is 195 g/mol. The molecule has 0 aliphatic heterocycles. The minimum Gasteiger partial charge on any atom is -0.384 e. The molecule has 0 bridgehead atoms. The number of hydrogen-bond donors (Lipinski definition) is 1. The maximum Gasteiger partial charge on any atom is 0.121 e. The molecule has 0 aliphatic carbocycles. The van der Waals surface area contributed by atoms with Crippen LogP contribution in [0.4, 0.5) is 5.82 Å². The van der Waals surface area contributed by atoms with Gasteiger partial charge < -0.3 is 5.73 Å². The Balaban J connectivity index is 2.75. The molecule has 3 nitrogen and oxygen atoms in total. The maximum atomic E-state index is 5.74. The topological polar surface area (TPSA) is 43.8 Å². The van der Waals surface area contributed by atoms with Gasteiger partial charge in [0, 0.05) is 19.0 Å². The Bertz CT molecular complexity index is 287. The van der Waals surface area contributed by atoms with Gasteiger partial charge in [-0.25, -0.2) is 0 Å². The quantitative estimate of drug-likeness (QED) is 0.788. The Morgan fingerprint density at radius 1 is 1.50 bits per heavy atom. The summed E-state index contributed by atoms with van der Waals surface area (Å²) >= 11 is 0. The standard InChI is InChI=1S/C11H21N3/c1-8(7-11(2,3)4)9-6-10(12)14(5)13-9/h6,8H,7,12H2,1-5H3. The van der Waals surface area contributed by atoms with Gasteiger partial charge in [0.2, 0.25) is 0 Å². The van der Waals surface area contributed by atoms with E-state index in [2.05, 4.69) is 32.8 Å². The molecule has 0 amide bonds. The summed E-state index contributed by atoms with van der Waals surface area (Å²) < 4.78 is 1.73. The molecule has 1 aromatic heterocycles. The Hall–Kier alpha value is -0.990. The first kappa shape index (κ1) is 11.1. The SMILES string of the molecule is CC(CC(C)(C)C)c1cc(N)n(C)n1. The summed E-state index contributed by atoms with van der Waals surface area (Å²) in [7, 11) is 1.88. The van der Waals surface area contributed by atoms with Crippen LogP contribution in [0.5, 0.6) is 0 Å². The molecule has 1 aromatic rings. The van der Waals surface area contributed by atoms with Crippen LogP contribution in [-0.4, -0.2) is 9.78 Å². The molecule has 0 aromatic carbocycles. The molecule has 1 atom stereocenters. The van der Waals surface area contributed by atoms with Crippen molar-refractivity contribution in [2.24, 2.45) is 12.5 Å². The molecule has 0 radical (unpaired) electrons. The van der Waals surface area contributed by atoms with Crippen LogP contribution >= 0.6 is 0 Å². The largest absolute Gasteiger partial charge is 0.384 e. The lowest BCUT2D eigenvalue weighted by Gasteiger charge is -2.21. The number of anilines is 1. The first-order chi connectivity index (χ1) is 6.29. The molecule has 80 valence electrons. The third-order valence-corrected chi connectivity index (χ3v) is 2.36. The van der Waals surface area contributed by atoms with Crippen LogP contribution < -0.4 is 5.73 Å². The second-order valence-corrected chi connectivity index (χ2v) is 5.28. The molecule has 1 unspecified atom stereocenters. The van der Waals surface area contributed by atoms with E-state index in [1.54, 1.807) is 4.68 Å². The van der Waals surface area contributed by atoms with Gasteiger partial charge >= 0.3 is 0 Å². The molecular weight excluding hydrogens is 174 g/mol. The first-order valence-electron chi connectivity index (χ1n) is 5.09. The van der Waals surface area contributed by atoms with Gasteiger partial charge in [0.05, 0.1) is 5.69 Å². The highest BCUT2D eigenvalue weighted by atomic mass is 15.3. The highest BCUT2D eigenvalue weighted by Gasteiger charge is 2.18. The highest BCUT2D eigenvalue weighted by Crippen LogP contribution is 2.30. The van der Waals surface area contributed by atoms with E-state index >= 15 is 0 Å². The van der Waals surface area contributed by atoms with Gasteiger partial charge in [-0.05, 0) is 11.8 Å². The van der Waals surface area contributed by atoms with Crippen LogP contribution in [0.25, 0.3) is 0 Å². The predicted molar refractivity (Wildman–Crippen MR) is 60.1 cm³/mol. The molecule has 0 aliphatic rings. The number of aromatic nitrogens is 2. The van der Waals surface area contributed by atoms with Crippen LogP contribution in [0.15, 0.2) is 6.07 Å². The van der Waals surface area contributed by atoms with Crippen molar-refractivity contribution >= 4 is 5.82 Å². The fourth-order valence-corrected chi connectivity index (χ4v) is 1.77. The second-order valence-electron chi connectivity index (χ2n) is 5.28. The zero-order chi connectivity index (χ0) is 10.9. The summed E-state index contributed by atoms with van der Waals surface area (Å²) in [5.74, 6) is 1.21. The van der Waals surface area contributed by atoms with Gasteiger partial charge in [-0.2, -0.15) is 5.10 Å². The lowest BCUT2D eigenvalue weighted by molar-refractivity contribution is 0.345. The number of hydrogen-bond acceptors (Lipinski definition) is 2. The number of nitrogens with two attached hydrogens (primary N) is 1. The van der Waals surface area contributed by atoms with Crippen molar-refractivity contribution in [3.05, 3.63) is 11.8 Å². The van der Waals surface area contributed by atoms with E-state index < -0.39 is 0 Å². The van der Waals surface area contributed by atoms with Crippen LogP contribution in [-0.2, 0) is 7.05 Å². The third-order valence-electron chi connectivity index (χ3n) is 2.36. The van der Waals surface area contributed by atoms with Gasteiger partial charge in [0.1, 0.15) is 5.82 Å². The summed E-state index contributed by atoms with van der Waals surface area (Å²) in [5.41, 5.74) is 7.18. The summed E-state index contributed by atoms with van der Waals surface area (Å²) in [6.45, 7) is 8.94. The van der Waals surface area contributed by atoms with E-state index in [1.807, 2.05) is 13.1 Å². The molecule has 0 fully saturated rings. The van der Waals surface area contributed by atoms with E-state index in [0.29, 0.717) is 11.3 Å². The number of nitrogens with zero attached hydrogens (tertiary/aromatic N) is 2. The third kappa shape index (κ3) is 2.76. The van der Waals surface area contributed by atoms with E-state index in [0.717, 1.165) is 17.9 Å². The smallest absolute Gasteiger partial charge is 0.121 e. The molecule has 0 saturated carbocycles. The van der Waals surface area contributed by atoms with E-state index in [-0.39, 0.29) is 0 Å². The Labute approximate surface area is 86.3 Å². The summed E-state index contributed by atoms with van der Waals surface area (Å²) in [5, 5.41) is 4.39. The zero-order valence-electron chi connectivity index (χ0n) is 9.83. The first-order valence-corrected chi connectivity index (χ1v) is 5.09. The Morgan fingerprint density at radius 2 is 2.07 bits per heavy atom. The van der Waals surface area contributed by atoms with Crippen molar-refractivity contribution in [3.8, 4) is 0 Å². The van der Waals surface area contributed by atoms with E-state index in [4.69, 9.17) is 5.73 Å². The second kappa shape index (κ2) is 3.64. The van der Waals surface area contributed by atoms with Gasteiger partial charge in [0.15, 0.2) is 0 Å². The molecule has 3 heteroatoms. The molecule has 0 saturated heterocycles. The summed E-state index contributed by atoms with van der Waals surface area (Å²) in [4.78, 5) is 0. The van der Waals surface area contributed by atoms with Crippen molar-refractivity contribution < 1.29 is 0 Å². The average Bonchev–Trinajstić information content (AvgIpc) is 2.28. The van der Waals surface area contributed by atoms with Crippen LogP contribution in [0.1, 0.15) is 45.7 Å². The number of aryl methyl sites for hydroxylation is 1. The number of rotatable bonds is 2. The van der Waals surface area contributed by atoms with Gasteiger partial charge in [-0.1, -0.05) is 27.7 Å². The van der Waals surface area contributed by atoms with Crippen LogP contribution in [0.3, 0.4) is 0 Å². The number of nitrogen functional groups attached to an aromatic ring is 1. The van der Waals surface area contributed by atoms with Crippen molar-refractivity contribution in [2.45, 2.75) is 40.0 Å².